The summed E-state index contributed by atoms with van der Waals surface area (Å²) in [5.74, 6) is 0. The van der Waals surface area contributed by atoms with Crippen LogP contribution in [0.25, 0.3) is 0 Å². The predicted molar refractivity (Wildman–Crippen MR) is 122 cm³/mol. The zero-order chi connectivity index (χ0) is 23.3. The molecule has 4 fully saturated rings. The van der Waals surface area contributed by atoms with Crippen LogP contribution in [0, 0.1) is 0 Å². The number of piperidine rings is 1. The first-order valence-electron chi connectivity index (χ1n) is 11.8. The van der Waals surface area contributed by atoms with Crippen LogP contribution in [0.5, 0.6) is 0 Å². The first kappa shape index (κ1) is 22.7. The summed E-state index contributed by atoms with van der Waals surface area (Å²) in [5, 5.41) is 0.631. The summed E-state index contributed by atoms with van der Waals surface area (Å²) in [7, 11) is 0. The molecule has 0 aliphatic carbocycles. The van der Waals surface area contributed by atoms with Crippen LogP contribution < -0.4 is 0 Å². The number of benzene rings is 1. The van der Waals surface area contributed by atoms with Crippen molar-refractivity contribution in [3.63, 3.8) is 0 Å². The van der Waals surface area contributed by atoms with E-state index in [9.17, 15) is 9.59 Å². The van der Waals surface area contributed by atoms with Gasteiger partial charge in [0.1, 0.15) is 5.60 Å². The van der Waals surface area contributed by atoms with Crippen molar-refractivity contribution < 1.29 is 23.8 Å². The summed E-state index contributed by atoms with van der Waals surface area (Å²) in [5.41, 5.74) is 2.53. The molecule has 2 unspecified atom stereocenters. The number of carbonyl (C=O) groups is 2. The Morgan fingerprint density at radius 2 is 1.85 bits per heavy atom. The van der Waals surface area contributed by atoms with Crippen LogP contribution in [0.2, 0.25) is 5.02 Å². The third-order valence-electron chi connectivity index (χ3n) is 6.76. The summed E-state index contributed by atoms with van der Waals surface area (Å²) in [6.07, 6.45) is 1.78. The summed E-state index contributed by atoms with van der Waals surface area (Å²) in [4.78, 5) is 31.8. The van der Waals surface area contributed by atoms with Crippen molar-refractivity contribution in [3.8, 4) is 0 Å². The second kappa shape index (κ2) is 8.64. The van der Waals surface area contributed by atoms with Crippen molar-refractivity contribution in [3.05, 3.63) is 33.8 Å². The van der Waals surface area contributed by atoms with Crippen LogP contribution >= 0.6 is 11.6 Å². The van der Waals surface area contributed by atoms with Crippen molar-refractivity contribution in [1.82, 2.24) is 14.7 Å². The van der Waals surface area contributed by atoms with Gasteiger partial charge in [-0.25, -0.2) is 9.59 Å². The summed E-state index contributed by atoms with van der Waals surface area (Å²) in [6, 6.07) is 3.64. The lowest BCUT2D eigenvalue weighted by molar-refractivity contribution is -0.172. The molecule has 8 nitrogen and oxygen atoms in total. The molecule has 0 aromatic heterocycles. The van der Waals surface area contributed by atoms with Gasteiger partial charge in [-0.3, -0.25) is 4.90 Å². The van der Waals surface area contributed by atoms with Gasteiger partial charge < -0.3 is 24.0 Å². The van der Waals surface area contributed by atoms with Crippen LogP contribution in [0.15, 0.2) is 12.1 Å². The molecule has 0 saturated carbocycles. The Kier molecular flexibility index (Phi) is 5.95. The highest BCUT2D eigenvalue weighted by Gasteiger charge is 2.42. The van der Waals surface area contributed by atoms with Crippen LogP contribution in [0.3, 0.4) is 0 Å². The molecule has 33 heavy (non-hydrogen) atoms. The number of hydrogen-bond donors (Lipinski definition) is 0. The second-order valence-electron chi connectivity index (χ2n) is 10.4. The number of morpholine rings is 2. The number of halogens is 1. The Morgan fingerprint density at radius 3 is 2.55 bits per heavy atom. The average molecular weight is 478 g/mol. The van der Waals surface area contributed by atoms with E-state index in [4.69, 9.17) is 25.8 Å². The molecule has 180 valence electrons. The lowest BCUT2D eigenvalue weighted by atomic mass is 9.90. The number of ether oxygens (including phenoxy) is 3. The van der Waals surface area contributed by atoms with E-state index in [2.05, 4.69) is 0 Å². The number of amides is 3. The largest absolute Gasteiger partial charge is 0.444 e. The third kappa shape index (κ3) is 4.66. The van der Waals surface area contributed by atoms with E-state index in [1.807, 2.05) is 42.7 Å². The fraction of sp³-hybridized carbons (Fsp3) is 0.667. The van der Waals surface area contributed by atoms with E-state index in [1.54, 1.807) is 4.90 Å². The topological polar surface area (TPSA) is 71.5 Å². The Balaban J connectivity index is 1.40. The average Bonchev–Trinajstić information content (AvgIpc) is 2.76. The maximum atomic E-state index is 13.3. The van der Waals surface area contributed by atoms with Gasteiger partial charge in [-0.1, -0.05) is 11.6 Å². The Labute approximate surface area is 199 Å². The molecule has 3 amide bonds. The summed E-state index contributed by atoms with van der Waals surface area (Å²) in [6.45, 7) is 9.32. The monoisotopic (exact) mass is 477 g/mol. The third-order valence-corrected chi connectivity index (χ3v) is 6.98. The molecule has 1 aromatic rings. The SMILES string of the molecule is CC(C)(C)OC(=O)N1CCOC[C@H]1c1cc(Cl)cc2c1CN(C(=O)N1CC3CC(C1)O3)CC2. The van der Waals surface area contributed by atoms with E-state index in [0.29, 0.717) is 51.0 Å². The molecule has 0 spiro atoms. The quantitative estimate of drug-likeness (QED) is 0.618. The molecule has 4 saturated heterocycles. The lowest BCUT2D eigenvalue weighted by Crippen LogP contribution is -2.61. The smallest absolute Gasteiger partial charge is 0.410 e. The summed E-state index contributed by atoms with van der Waals surface area (Å²) < 4.78 is 17.1. The maximum Gasteiger partial charge on any atom is 0.410 e. The molecule has 5 heterocycles. The highest BCUT2D eigenvalue weighted by molar-refractivity contribution is 6.30. The molecule has 6 rings (SSSR count). The summed E-state index contributed by atoms with van der Waals surface area (Å²) >= 11 is 6.50. The highest BCUT2D eigenvalue weighted by atomic mass is 35.5. The van der Waals surface area contributed by atoms with Crippen LogP contribution in [-0.2, 0) is 27.2 Å². The number of fused-ring (bicyclic) bond motifs is 3. The maximum absolute atomic E-state index is 13.3. The van der Waals surface area contributed by atoms with E-state index < -0.39 is 5.60 Å². The minimum atomic E-state index is -0.588. The molecule has 3 atom stereocenters. The number of nitrogens with zero attached hydrogens (tertiary/aromatic N) is 3. The zero-order valence-corrected chi connectivity index (χ0v) is 20.3. The van der Waals surface area contributed by atoms with Crippen LogP contribution in [-0.4, -0.2) is 84.0 Å². The van der Waals surface area contributed by atoms with Gasteiger partial charge in [0.15, 0.2) is 0 Å². The molecular formula is C24H32ClN3O5. The van der Waals surface area contributed by atoms with E-state index in [1.165, 1.54) is 0 Å². The van der Waals surface area contributed by atoms with Gasteiger partial charge >= 0.3 is 12.1 Å². The van der Waals surface area contributed by atoms with E-state index in [-0.39, 0.29) is 30.4 Å². The Hall–Kier alpha value is -2.03. The molecule has 0 N–H and O–H groups in total. The standard InChI is InChI=1S/C24H32ClN3O5/c1-24(2,3)33-23(30)28-6-7-31-14-21(28)19-9-16(25)8-15-4-5-26(13-20(15)19)22(29)27-11-17-10-18(12-27)32-17/h8-9,17-18,21H,4-7,10-14H2,1-3H3/t17?,18?,21-/m0/s1. The molecule has 1 aromatic carbocycles. The fourth-order valence-corrected chi connectivity index (χ4v) is 5.48. The Bertz CT molecular complexity index is 933. The number of rotatable bonds is 1. The molecule has 0 radical (unpaired) electrons. The fourth-order valence-electron chi connectivity index (χ4n) is 5.23. The van der Waals surface area contributed by atoms with Gasteiger partial charge in [0.2, 0.25) is 0 Å². The highest BCUT2D eigenvalue weighted by Crippen LogP contribution is 2.36. The minimum Gasteiger partial charge on any atom is -0.444 e. The van der Waals surface area contributed by atoms with Crippen molar-refractivity contribution in [2.24, 2.45) is 0 Å². The van der Waals surface area contributed by atoms with Crippen LogP contribution in [0.4, 0.5) is 9.59 Å². The minimum absolute atomic E-state index is 0.0587. The molecule has 5 aliphatic heterocycles. The zero-order valence-electron chi connectivity index (χ0n) is 19.5. The second-order valence-corrected chi connectivity index (χ2v) is 10.8. The lowest BCUT2D eigenvalue weighted by Gasteiger charge is -2.48. The van der Waals surface area contributed by atoms with Gasteiger partial charge in [0, 0.05) is 44.2 Å². The van der Waals surface area contributed by atoms with Gasteiger partial charge in [-0.2, -0.15) is 0 Å². The molecular weight excluding hydrogens is 446 g/mol. The van der Waals surface area contributed by atoms with Crippen molar-refractivity contribution >= 4 is 23.7 Å². The number of hydrogen-bond acceptors (Lipinski definition) is 5. The van der Waals surface area contributed by atoms with Gasteiger partial charge in [-0.15, -0.1) is 0 Å². The molecule has 5 aliphatic rings. The van der Waals surface area contributed by atoms with E-state index in [0.717, 1.165) is 29.5 Å². The van der Waals surface area contributed by atoms with Gasteiger partial charge in [0.05, 0.1) is 31.5 Å². The van der Waals surface area contributed by atoms with E-state index >= 15 is 0 Å². The molecule has 2 bridgehead atoms. The predicted octanol–water partition coefficient (Wildman–Crippen LogP) is 3.60. The van der Waals surface area contributed by atoms with Crippen molar-refractivity contribution in [1.29, 1.82) is 0 Å². The van der Waals surface area contributed by atoms with Crippen molar-refractivity contribution in [2.45, 2.75) is 64.0 Å². The van der Waals surface area contributed by atoms with Gasteiger partial charge in [-0.05, 0) is 56.0 Å². The normalized spacial score (nSPS) is 27.0. The van der Waals surface area contributed by atoms with Crippen molar-refractivity contribution in [2.75, 3.05) is 39.4 Å². The number of urea groups is 1. The van der Waals surface area contributed by atoms with Crippen LogP contribution in [0.1, 0.15) is 49.9 Å². The Morgan fingerprint density at radius 1 is 1.12 bits per heavy atom. The number of carbonyl (C=O) groups excluding carboxylic acids is 2. The first-order chi connectivity index (χ1) is 15.7. The van der Waals surface area contributed by atoms with Gasteiger partial charge in [0.25, 0.3) is 0 Å². The first-order valence-corrected chi connectivity index (χ1v) is 12.1. The molecule has 9 heteroatoms.